The summed E-state index contributed by atoms with van der Waals surface area (Å²) in [7, 11) is 0. The van der Waals surface area contributed by atoms with Crippen molar-refractivity contribution in [1.82, 2.24) is 15.1 Å². The molecule has 0 bridgehead atoms. The average molecular weight is 389 g/mol. The van der Waals surface area contributed by atoms with Crippen molar-refractivity contribution >= 4 is 16.9 Å². The van der Waals surface area contributed by atoms with E-state index in [9.17, 15) is 4.79 Å². The Bertz CT molecular complexity index is 1100. The van der Waals surface area contributed by atoms with Gasteiger partial charge >= 0.3 is 5.97 Å². The zero-order chi connectivity index (χ0) is 20.1. The molecule has 0 saturated carbocycles. The maximum Gasteiger partial charge on any atom is 0.306 e. The summed E-state index contributed by atoms with van der Waals surface area (Å²) >= 11 is 0. The van der Waals surface area contributed by atoms with Crippen LogP contribution in [0.4, 0.5) is 0 Å². The lowest BCUT2D eigenvalue weighted by Crippen LogP contribution is -2.05. The number of aromatic amines is 1. The lowest BCUT2D eigenvalue weighted by atomic mass is 10.1. The Kier molecular flexibility index (Phi) is 5.70. The standard InChI is InChI=1S/C23H23N3O3/c1-2-16-10-12-17(13-11-16)23-25-21(29-26-23)15-28-22(27)9-5-6-18-14-24-20-8-4-3-7-19(18)20/h3-4,7-8,10-14,24H,2,5-6,9,15H2,1H3. The van der Waals surface area contributed by atoms with E-state index in [1.807, 2.05) is 48.7 Å². The van der Waals surface area contributed by atoms with Crippen molar-refractivity contribution < 1.29 is 14.1 Å². The van der Waals surface area contributed by atoms with Gasteiger partial charge in [-0.15, -0.1) is 0 Å². The number of carbonyl (C=O) groups excluding carboxylic acids is 1. The fourth-order valence-corrected chi connectivity index (χ4v) is 3.30. The monoisotopic (exact) mass is 389 g/mol. The highest BCUT2D eigenvalue weighted by atomic mass is 16.6. The molecule has 1 N–H and O–H groups in total. The topological polar surface area (TPSA) is 81.0 Å². The van der Waals surface area contributed by atoms with Gasteiger partial charge in [0.25, 0.3) is 5.89 Å². The Labute approximate surface area is 168 Å². The Morgan fingerprint density at radius 2 is 1.97 bits per heavy atom. The third kappa shape index (κ3) is 4.54. The number of benzene rings is 2. The Morgan fingerprint density at radius 3 is 2.79 bits per heavy atom. The first-order valence-corrected chi connectivity index (χ1v) is 9.85. The van der Waals surface area contributed by atoms with Gasteiger partial charge in [-0.05, 0) is 36.5 Å². The summed E-state index contributed by atoms with van der Waals surface area (Å²) in [5.74, 6) is 0.527. The first-order chi connectivity index (χ1) is 14.2. The number of ether oxygens (including phenoxy) is 1. The van der Waals surface area contributed by atoms with E-state index in [1.54, 1.807) is 0 Å². The third-order valence-corrected chi connectivity index (χ3v) is 4.95. The summed E-state index contributed by atoms with van der Waals surface area (Å²) in [5, 5.41) is 5.16. The molecule has 29 heavy (non-hydrogen) atoms. The van der Waals surface area contributed by atoms with Crippen LogP contribution < -0.4 is 0 Å². The van der Waals surface area contributed by atoms with Crippen molar-refractivity contribution in [3.05, 3.63) is 71.7 Å². The number of aryl methyl sites for hydroxylation is 2. The molecule has 2 aromatic carbocycles. The molecule has 4 aromatic rings. The second-order valence-corrected chi connectivity index (χ2v) is 6.94. The number of carbonyl (C=O) groups is 1. The Hall–Kier alpha value is -3.41. The summed E-state index contributed by atoms with van der Waals surface area (Å²) in [5.41, 5.74) is 4.45. The quantitative estimate of drug-likeness (QED) is 0.436. The highest BCUT2D eigenvalue weighted by molar-refractivity contribution is 5.83. The van der Waals surface area contributed by atoms with Crippen molar-refractivity contribution in [1.29, 1.82) is 0 Å². The van der Waals surface area contributed by atoms with E-state index >= 15 is 0 Å². The Morgan fingerprint density at radius 1 is 1.14 bits per heavy atom. The van der Waals surface area contributed by atoms with E-state index in [-0.39, 0.29) is 12.6 Å². The van der Waals surface area contributed by atoms with Gasteiger partial charge in [0.1, 0.15) is 0 Å². The largest absolute Gasteiger partial charge is 0.456 e. The molecule has 0 fully saturated rings. The fourth-order valence-electron chi connectivity index (χ4n) is 3.30. The molecule has 148 valence electrons. The van der Waals surface area contributed by atoms with Crippen molar-refractivity contribution in [2.45, 2.75) is 39.2 Å². The molecule has 0 unspecified atom stereocenters. The van der Waals surface area contributed by atoms with E-state index in [2.05, 4.69) is 28.1 Å². The van der Waals surface area contributed by atoms with E-state index in [1.165, 1.54) is 16.5 Å². The molecule has 2 aromatic heterocycles. The summed E-state index contributed by atoms with van der Waals surface area (Å²) < 4.78 is 10.5. The van der Waals surface area contributed by atoms with Crippen LogP contribution in [0.1, 0.15) is 36.8 Å². The van der Waals surface area contributed by atoms with Gasteiger partial charge in [-0.2, -0.15) is 4.98 Å². The van der Waals surface area contributed by atoms with Gasteiger partial charge in [-0.25, -0.2) is 0 Å². The highest BCUT2D eigenvalue weighted by Gasteiger charge is 2.12. The van der Waals surface area contributed by atoms with Gasteiger partial charge in [0.05, 0.1) is 0 Å². The molecule has 0 aliphatic heterocycles. The fraction of sp³-hybridized carbons (Fsp3) is 0.261. The molecule has 0 amide bonds. The van der Waals surface area contributed by atoms with Crippen molar-refractivity contribution in [2.24, 2.45) is 0 Å². The van der Waals surface area contributed by atoms with E-state index in [4.69, 9.17) is 9.26 Å². The summed E-state index contributed by atoms with van der Waals surface area (Å²) in [6, 6.07) is 16.2. The van der Waals surface area contributed by atoms with Crippen LogP contribution in [-0.4, -0.2) is 21.1 Å². The normalized spacial score (nSPS) is 11.1. The average Bonchev–Trinajstić information content (AvgIpc) is 3.40. The van der Waals surface area contributed by atoms with Crippen molar-refractivity contribution in [3.8, 4) is 11.4 Å². The van der Waals surface area contributed by atoms with Gasteiger partial charge < -0.3 is 14.2 Å². The highest BCUT2D eigenvalue weighted by Crippen LogP contribution is 2.20. The van der Waals surface area contributed by atoms with Crippen LogP contribution in [0, 0.1) is 0 Å². The summed E-state index contributed by atoms with van der Waals surface area (Å²) in [6.45, 7) is 2.10. The lowest BCUT2D eigenvalue weighted by molar-refractivity contribution is -0.145. The predicted molar refractivity (Wildman–Crippen MR) is 110 cm³/mol. The minimum atomic E-state index is -0.267. The molecule has 0 radical (unpaired) electrons. The minimum Gasteiger partial charge on any atom is -0.456 e. The molecule has 2 heterocycles. The maximum atomic E-state index is 12.0. The van der Waals surface area contributed by atoms with Gasteiger partial charge in [0.15, 0.2) is 6.61 Å². The van der Waals surface area contributed by atoms with Crippen LogP contribution in [0.3, 0.4) is 0 Å². The first kappa shape index (κ1) is 18.9. The number of para-hydroxylation sites is 1. The van der Waals surface area contributed by atoms with Crippen LogP contribution in [-0.2, 0) is 29.0 Å². The number of nitrogens with zero attached hydrogens (tertiary/aromatic N) is 2. The minimum absolute atomic E-state index is 0.00797. The molecule has 0 saturated heterocycles. The zero-order valence-electron chi connectivity index (χ0n) is 16.4. The summed E-state index contributed by atoms with van der Waals surface area (Å²) in [6.07, 6.45) is 4.87. The van der Waals surface area contributed by atoms with Gasteiger partial charge in [-0.1, -0.05) is 54.5 Å². The number of hydrogen-bond donors (Lipinski definition) is 1. The van der Waals surface area contributed by atoms with E-state index < -0.39 is 0 Å². The SMILES string of the molecule is CCc1ccc(-c2noc(COC(=O)CCCc3c[nH]c4ccccc34)n2)cc1. The van der Waals surface area contributed by atoms with Crippen LogP contribution in [0.2, 0.25) is 0 Å². The van der Waals surface area contributed by atoms with Gasteiger partial charge in [0, 0.05) is 29.1 Å². The van der Waals surface area contributed by atoms with Crippen LogP contribution in [0.15, 0.2) is 59.3 Å². The van der Waals surface area contributed by atoms with Gasteiger partial charge in [-0.3, -0.25) is 4.79 Å². The predicted octanol–water partition coefficient (Wildman–Crippen LogP) is 4.85. The lowest BCUT2D eigenvalue weighted by Gasteiger charge is -2.02. The van der Waals surface area contributed by atoms with Crippen LogP contribution >= 0.6 is 0 Å². The molecule has 6 heteroatoms. The molecule has 6 nitrogen and oxygen atoms in total. The Balaban J connectivity index is 1.25. The number of H-pyrrole nitrogens is 1. The molecule has 0 aliphatic carbocycles. The number of fused-ring (bicyclic) bond motifs is 1. The van der Waals surface area contributed by atoms with Gasteiger partial charge in [0.2, 0.25) is 5.82 Å². The molecule has 4 rings (SSSR count). The molecule has 0 spiro atoms. The molecular weight excluding hydrogens is 366 g/mol. The van der Waals surface area contributed by atoms with E-state index in [0.29, 0.717) is 18.1 Å². The number of rotatable bonds is 8. The van der Waals surface area contributed by atoms with Crippen molar-refractivity contribution in [2.75, 3.05) is 0 Å². The second-order valence-electron chi connectivity index (χ2n) is 6.94. The number of nitrogens with one attached hydrogen (secondary N) is 1. The number of esters is 1. The molecule has 0 aliphatic rings. The van der Waals surface area contributed by atoms with Crippen molar-refractivity contribution in [3.63, 3.8) is 0 Å². The van der Waals surface area contributed by atoms with E-state index in [0.717, 1.165) is 30.3 Å². The summed E-state index contributed by atoms with van der Waals surface area (Å²) in [4.78, 5) is 19.6. The zero-order valence-corrected chi connectivity index (χ0v) is 16.4. The third-order valence-electron chi connectivity index (χ3n) is 4.95. The smallest absolute Gasteiger partial charge is 0.306 e. The number of hydrogen-bond acceptors (Lipinski definition) is 5. The van der Waals surface area contributed by atoms with Crippen LogP contribution in [0.5, 0.6) is 0 Å². The second kappa shape index (κ2) is 8.73. The molecule has 0 atom stereocenters. The maximum absolute atomic E-state index is 12.0. The number of aromatic nitrogens is 3. The first-order valence-electron chi connectivity index (χ1n) is 9.85. The molecular formula is C23H23N3O3. The van der Waals surface area contributed by atoms with Crippen LogP contribution in [0.25, 0.3) is 22.3 Å².